The minimum atomic E-state index is -1.38. The number of phenols is 1. The maximum atomic E-state index is 13.1. The fourth-order valence-electron chi connectivity index (χ4n) is 3.40. The van der Waals surface area contributed by atoms with Gasteiger partial charge in [-0.15, -0.1) is 0 Å². The second kappa shape index (κ2) is 15.7. The van der Waals surface area contributed by atoms with Gasteiger partial charge in [0.05, 0.1) is 12.6 Å². The number of phenolic OH excluding ortho intramolecular Hbond substituents is 1. The molecule has 1 aromatic rings. The lowest BCUT2D eigenvalue weighted by atomic mass is 9.98. The Bertz CT molecular complexity index is 865. The largest absolute Gasteiger partial charge is 0.508 e. The molecule has 1 aromatic carbocycles. The first-order valence-electron chi connectivity index (χ1n) is 12.0. The van der Waals surface area contributed by atoms with Gasteiger partial charge in [0.1, 0.15) is 23.9 Å². The maximum Gasteiger partial charge on any atom is 0.326 e. The number of aliphatic hydroxyl groups excluding tert-OH is 1. The number of hydrogen-bond donors (Lipinski definition) is 8. The van der Waals surface area contributed by atoms with E-state index >= 15 is 0 Å². The molecule has 0 fully saturated rings. The summed E-state index contributed by atoms with van der Waals surface area (Å²) in [6, 6.07) is 1.24. The smallest absolute Gasteiger partial charge is 0.326 e. The number of carboxylic acids is 1. The van der Waals surface area contributed by atoms with Gasteiger partial charge in [-0.3, -0.25) is 14.4 Å². The summed E-state index contributed by atoms with van der Waals surface area (Å²) in [4.78, 5) is 50.0. The fourth-order valence-corrected chi connectivity index (χ4v) is 3.40. The molecule has 0 heterocycles. The van der Waals surface area contributed by atoms with E-state index in [4.69, 9.17) is 11.5 Å². The van der Waals surface area contributed by atoms with E-state index in [9.17, 15) is 34.5 Å². The number of aliphatic hydroxyl groups is 1. The van der Waals surface area contributed by atoms with E-state index < -0.39 is 54.5 Å². The SMILES string of the molecule is CCC(C)C(NC(=O)C(Cc1ccc(O)cc1)NC(=O)C(CO)NC(=O)C(N)CCCCN)C(=O)O. The summed E-state index contributed by atoms with van der Waals surface area (Å²) in [6.45, 7) is 3.18. The summed E-state index contributed by atoms with van der Waals surface area (Å²) in [5.41, 5.74) is 11.9. The van der Waals surface area contributed by atoms with Crippen molar-refractivity contribution in [2.24, 2.45) is 17.4 Å². The van der Waals surface area contributed by atoms with Crippen LogP contribution in [0.2, 0.25) is 0 Å². The van der Waals surface area contributed by atoms with Gasteiger partial charge in [0.25, 0.3) is 0 Å². The number of unbranched alkanes of at least 4 members (excludes halogenated alkanes) is 1. The Morgan fingerprint density at radius 3 is 2.06 bits per heavy atom. The predicted octanol–water partition coefficient (Wildman–Crippen LogP) is -1.03. The van der Waals surface area contributed by atoms with Crippen molar-refractivity contribution in [3.05, 3.63) is 29.8 Å². The van der Waals surface area contributed by atoms with Crippen molar-refractivity contribution in [2.75, 3.05) is 13.2 Å². The predicted molar refractivity (Wildman–Crippen MR) is 133 cm³/mol. The molecular weight excluding hydrogens is 470 g/mol. The molecule has 0 aliphatic carbocycles. The Morgan fingerprint density at radius 2 is 1.53 bits per heavy atom. The number of carboxylic acid groups (broad SMARTS) is 1. The average molecular weight is 510 g/mol. The molecular formula is C24H39N5O7. The number of amides is 3. The molecule has 0 aromatic heterocycles. The molecule has 0 spiro atoms. The zero-order valence-electron chi connectivity index (χ0n) is 20.8. The van der Waals surface area contributed by atoms with E-state index in [0.717, 1.165) is 0 Å². The Balaban J connectivity index is 3.02. The van der Waals surface area contributed by atoms with Gasteiger partial charge in [-0.05, 0) is 43.0 Å². The molecule has 0 saturated carbocycles. The molecule has 0 saturated heterocycles. The lowest BCUT2D eigenvalue weighted by Gasteiger charge is -2.26. The molecule has 5 atom stereocenters. The van der Waals surface area contributed by atoms with Gasteiger partial charge in [-0.25, -0.2) is 4.79 Å². The number of aliphatic carboxylic acids is 1. The molecule has 12 heteroatoms. The van der Waals surface area contributed by atoms with Crippen molar-refractivity contribution in [1.82, 2.24) is 16.0 Å². The topological polar surface area (TPSA) is 217 Å². The van der Waals surface area contributed by atoms with Gasteiger partial charge in [0, 0.05) is 6.42 Å². The first-order valence-corrected chi connectivity index (χ1v) is 12.0. The van der Waals surface area contributed by atoms with Crippen molar-refractivity contribution in [3.63, 3.8) is 0 Å². The van der Waals surface area contributed by atoms with E-state index in [2.05, 4.69) is 16.0 Å². The van der Waals surface area contributed by atoms with Gasteiger partial charge in [-0.2, -0.15) is 0 Å². The standard InChI is InChI=1S/C24H39N5O7/c1-3-14(2)20(24(35)36)29-22(33)18(12-15-7-9-16(31)10-8-15)27-23(34)19(13-30)28-21(32)17(26)6-4-5-11-25/h7-10,14,17-20,30-31H,3-6,11-13,25-26H2,1-2H3,(H,27,34)(H,28,32)(H,29,33)(H,35,36). The summed E-state index contributed by atoms with van der Waals surface area (Å²) >= 11 is 0. The molecule has 3 amide bonds. The van der Waals surface area contributed by atoms with Crippen molar-refractivity contribution < 1.29 is 34.5 Å². The number of nitrogens with one attached hydrogen (secondary N) is 3. The number of nitrogens with two attached hydrogens (primary N) is 2. The second-order valence-electron chi connectivity index (χ2n) is 8.78. The molecule has 1 rings (SSSR count). The van der Waals surface area contributed by atoms with E-state index in [1.807, 2.05) is 0 Å². The Morgan fingerprint density at radius 1 is 0.944 bits per heavy atom. The zero-order chi connectivity index (χ0) is 27.3. The lowest BCUT2D eigenvalue weighted by molar-refractivity contribution is -0.143. The highest BCUT2D eigenvalue weighted by Gasteiger charge is 2.32. The van der Waals surface area contributed by atoms with Crippen LogP contribution in [0.25, 0.3) is 0 Å². The molecule has 202 valence electrons. The van der Waals surface area contributed by atoms with E-state index in [0.29, 0.717) is 37.8 Å². The number of benzene rings is 1. The van der Waals surface area contributed by atoms with Crippen LogP contribution in [0.4, 0.5) is 0 Å². The van der Waals surface area contributed by atoms with E-state index in [1.54, 1.807) is 26.0 Å². The van der Waals surface area contributed by atoms with Gasteiger partial charge in [0.2, 0.25) is 17.7 Å². The maximum absolute atomic E-state index is 13.1. The molecule has 36 heavy (non-hydrogen) atoms. The fraction of sp³-hybridized carbons (Fsp3) is 0.583. The van der Waals surface area contributed by atoms with Crippen LogP contribution >= 0.6 is 0 Å². The van der Waals surface area contributed by atoms with Crippen LogP contribution in [0, 0.1) is 5.92 Å². The first kappa shape index (κ1) is 30.8. The summed E-state index contributed by atoms with van der Waals surface area (Å²) in [5, 5.41) is 36.1. The number of carbonyl (C=O) groups is 4. The molecule has 0 radical (unpaired) electrons. The van der Waals surface area contributed by atoms with Gasteiger partial charge < -0.3 is 42.7 Å². The van der Waals surface area contributed by atoms with Crippen LogP contribution in [0.3, 0.4) is 0 Å². The van der Waals surface area contributed by atoms with Crippen LogP contribution < -0.4 is 27.4 Å². The number of aromatic hydroxyl groups is 1. The summed E-state index contributed by atoms with van der Waals surface area (Å²) in [7, 11) is 0. The van der Waals surface area contributed by atoms with Crippen molar-refractivity contribution in [1.29, 1.82) is 0 Å². The Hall–Kier alpha value is -3.22. The first-order chi connectivity index (χ1) is 17.0. The van der Waals surface area contributed by atoms with Crippen LogP contribution in [-0.4, -0.2) is 76.3 Å². The molecule has 0 bridgehead atoms. The average Bonchev–Trinajstić information content (AvgIpc) is 2.85. The van der Waals surface area contributed by atoms with Crippen LogP contribution in [0.1, 0.15) is 45.1 Å². The highest BCUT2D eigenvalue weighted by atomic mass is 16.4. The molecule has 5 unspecified atom stereocenters. The lowest BCUT2D eigenvalue weighted by Crippen LogP contribution is -2.59. The second-order valence-corrected chi connectivity index (χ2v) is 8.78. The summed E-state index contributed by atoms with van der Waals surface area (Å²) in [6.07, 6.45) is 2.12. The van der Waals surface area contributed by atoms with Crippen molar-refractivity contribution in [2.45, 2.75) is 70.1 Å². The monoisotopic (exact) mass is 509 g/mol. The highest BCUT2D eigenvalue weighted by molar-refractivity contribution is 5.94. The van der Waals surface area contributed by atoms with Crippen molar-refractivity contribution in [3.8, 4) is 5.75 Å². The van der Waals surface area contributed by atoms with Crippen LogP contribution in [0.15, 0.2) is 24.3 Å². The molecule has 10 N–H and O–H groups in total. The highest BCUT2D eigenvalue weighted by Crippen LogP contribution is 2.13. The van der Waals surface area contributed by atoms with Crippen molar-refractivity contribution >= 4 is 23.7 Å². The Labute approximate surface area is 210 Å². The molecule has 0 aliphatic rings. The molecule has 12 nitrogen and oxygen atoms in total. The van der Waals surface area contributed by atoms with E-state index in [-0.39, 0.29) is 18.1 Å². The quantitative estimate of drug-likeness (QED) is 0.128. The van der Waals surface area contributed by atoms with Gasteiger partial charge in [0.15, 0.2) is 0 Å². The third kappa shape index (κ3) is 10.2. The number of hydrogen-bond acceptors (Lipinski definition) is 8. The third-order valence-corrected chi connectivity index (χ3v) is 5.91. The third-order valence-electron chi connectivity index (χ3n) is 5.91. The molecule has 0 aliphatic heterocycles. The van der Waals surface area contributed by atoms with Gasteiger partial charge in [-0.1, -0.05) is 38.8 Å². The number of carbonyl (C=O) groups excluding carboxylic acids is 3. The van der Waals surface area contributed by atoms with Gasteiger partial charge >= 0.3 is 5.97 Å². The zero-order valence-corrected chi connectivity index (χ0v) is 20.8. The van der Waals surface area contributed by atoms with Crippen LogP contribution in [0.5, 0.6) is 5.75 Å². The Kier molecular flexibility index (Phi) is 13.4. The normalized spacial score (nSPS) is 15.1. The minimum Gasteiger partial charge on any atom is -0.508 e. The minimum absolute atomic E-state index is 0.0114. The number of rotatable bonds is 16. The van der Waals surface area contributed by atoms with E-state index in [1.165, 1.54) is 12.1 Å². The van der Waals surface area contributed by atoms with Crippen LogP contribution in [-0.2, 0) is 25.6 Å². The summed E-state index contributed by atoms with van der Waals surface area (Å²) in [5.74, 6) is -3.79. The summed E-state index contributed by atoms with van der Waals surface area (Å²) < 4.78 is 0.